The minimum Gasteiger partial charge on any atom is -0.457 e. The van der Waals surface area contributed by atoms with Gasteiger partial charge in [-0.2, -0.15) is 0 Å². The molecule has 0 amide bonds. The van der Waals surface area contributed by atoms with Gasteiger partial charge < -0.3 is 14.5 Å². The van der Waals surface area contributed by atoms with Gasteiger partial charge in [-0.3, -0.25) is 4.57 Å². The molecule has 4 heterocycles. The van der Waals surface area contributed by atoms with Gasteiger partial charge in [0.15, 0.2) is 0 Å². The van der Waals surface area contributed by atoms with Crippen LogP contribution >= 0.6 is 0 Å². The first-order valence-corrected chi connectivity index (χ1v) is 15.4. The average molecular weight is 581 g/mol. The van der Waals surface area contributed by atoms with Gasteiger partial charge in [0, 0.05) is 59.8 Å². The molecule has 1 spiro atoms. The molecule has 0 atom stereocenters. The van der Waals surface area contributed by atoms with Gasteiger partial charge in [0.1, 0.15) is 17.3 Å². The monoisotopic (exact) mass is 580 g/mol. The van der Waals surface area contributed by atoms with Crippen molar-refractivity contribution < 1.29 is 4.74 Å². The Morgan fingerprint density at radius 2 is 1.38 bits per heavy atom. The van der Waals surface area contributed by atoms with Crippen molar-refractivity contribution in [1.29, 1.82) is 0 Å². The van der Waals surface area contributed by atoms with Crippen molar-refractivity contribution in [2.45, 2.75) is 5.41 Å². The number of ether oxygens (including phenoxy) is 1. The third-order valence-electron chi connectivity index (χ3n) is 9.78. The summed E-state index contributed by atoms with van der Waals surface area (Å²) in [6, 6.07) is 43.6. The summed E-state index contributed by atoms with van der Waals surface area (Å²) in [7, 11) is 2.07. The Hall–Kier alpha value is -5.81. The van der Waals surface area contributed by atoms with Crippen molar-refractivity contribution in [3.05, 3.63) is 162 Å². The van der Waals surface area contributed by atoms with Crippen molar-refractivity contribution in [2.24, 2.45) is 0 Å². The van der Waals surface area contributed by atoms with E-state index in [4.69, 9.17) is 9.72 Å². The van der Waals surface area contributed by atoms with Crippen LogP contribution in [0.25, 0.3) is 38.8 Å². The summed E-state index contributed by atoms with van der Waals surface area (Å²) in [5.74, 6) is 2.57. The zero-order chi connectivity index (χ0) is 29.7. The van der Waals surface area contributed by atoms with Gasteiger partial charge in [0.05, 0.1) is 23.1 Å². The van der Waals surface area contributed by atoms with Crippen molar-refractivity contribution in [2.75, 3.05) is 18.6 Å². The highest BCUT2D eigenvalue weighted by Crippen LogP contribution is 2.60. The molecule has 5 heteroatoms. The number of rotatable bonds is 3. The van der Waals surface area contributed by atoms with E-state index < -0.39 is 5.41 Å². The lowest BCUT2D eigenvalue weighted by atomic mass is 9.66. The molecule has 214 valence electrons. The molecule has 2 aromatic heterocycles. The van der Waals surface area contributed by atoms with Crippen LogP contribution in [0.1, 0.15) is 22.3 Å². The first-order valence-electron chi connectivity index (χ1n) is 15.4. The summed E-state index contributed by atoms with van der Waals surface area (Å²) in [4.78, 5) is 9.47. The van der Waals surface area contributed by atoms with Crippen LogP contribution < -0.4 is 9.64 Å². The number of fused-ring (bicyclic) bond motifs is 12. The molecule has 0 saturated heterocycles. The van der Waals surface area contributed by atoms with E-state index in [1.54, 1.807) is 0 Å². The van der Waals surface area contributed by atoms with E-state index in [1.807, 2.05) is 18.3 Å². The zero-order valence-corrected chi connectivity index (χ0v) is 24.7. The molecule has 0 bridgehead atoms. The maximum atomic E-state index is 6.53. The molecule has 5 nitrogen and oxygen atoms in total. The van der Waals surface area contributed by atoms with Crippen LogP contribution in [-0.2, 0) is 5.41 Å². The molecule has 5 aromatic carbocycles. The zero-order valence-electron chi connectivity index (χ0n) is 24.7. The fourth-order valence-corrected chi connectivity index (χ4v) is 8.02. The smallest absolute Gasteiger partial charge is 0.142 e. The van der Waals surface area contributed by atoms with Gasteiger partial charge in [-0.25, -0.2) is 4.98 Å². The van der Waals surface area contributed by atoms with Gasteiger partial charge in [-0.05, 0) is 58.1 Å². The Morgan fingerprint density at radius 3 is 2.18 bits per heavy atom. The molecule has 0 fully saturated rings. The van der Waals surface area contributed by atoms with Crippen LogP contribution in [0, 0.1) is 0 Å². The second-order valence-corrected chi connectivity index (χ2v) is 12.2. The summed E-state index contributed by atoms with van der Waals surface area (Å²) in [5, 5.41) is 2.41. The van der Waals surface area contributed by atoms with Crippen LogP contribution in [0.15, 0.2) is 140 Å². The van der Waals surface area contributed by atoms with Crippen molar-refractivity contribution in [3.63, 3.8) is 0 Å². The molecule has 7 aromatic rings. The molecule has 0 unspecified atom stereocenters. The first-order chi connectivity index (χ1) is 22.2. The largest absolute Gasteiger partial charge is 0.457 e. The number of benzene rings is 5. The van der Waals surface area contributed by atoms with E-state index >= 15 is 0 Å². The van der Waals surface area contributed by atoms with E-state index in [0.29, 0.717) is 0 Å². The lowest BCUT2D eigenvalue weighted by Crippen LogP contribution is -2.33. The molecule has 0 N–H and O–H groups in total. The van der Waals surface area contributed by atoms with Gasteiger partial charge in [0.2, 0.25) is 0 Å². The summed E-state index contributed by atoms with van der Waals surface area (Å²) in [5.41, 5.74) is 10.6. The summed E-state index contributed by atoms with van der Waals surface area (Å²) < 4.78 is 8.89. The molecule has 3 aliphatic rings. The number of para-hydroxylation sites is 1. The van der Waals surface area contributed by atoms with Crippen molar-refractivity contribution in [1.82, 2.24) is 14.5 Å². The highest BCUT2D eigenvalue weighted by atomic mass is 16.5. The van der Waals surface area contributed by atoms with Crippen molar-refractivity contribution in [3.8, 4) is 28.4 Å². The highest BCUT2D eigenvalue weighted by Gasteiger charge is 2.51. The third kappa shape index (κ3) is 3.19. The average Bonchev–Trinajstić information content (AvgIpc) is 3.75. The van der Waals surface area contributed by atoms with Gasteiger partial charge in [-0.1, -0.05) is 78.9 Å². The van der Waals surface area contributed by atoms with E-state index in [9.17, 15) is 0 Å². The Kier molecular flexibility index (Phi) is 4.85. The summed E-state index contributed by atoms with van der Waals surface area (Å²) >= 11 is 0. The predicted molar refractivity (Wildman–Crippen MR) is 180 cm³/mol. The highest BCUT2D eigenvalue weighted by molar-refractivity contribution is 6.12. The molecule has 0 saturated carbocycles. The molecule has 1 aliphatic carbocycles. The Morgan fingerprint density at radius 1 is 0.644 bits per heavy atom. The minimum atomic E-state index is -0.460. The Balaban J connectivity index is 1.21. The van der Waals surface area contributed by atoms with Gasteiger partial charge in [0.25, 0.3) is 0 Å². The molecule has 10 rings (SSSR count). The molecular formula is C40H28N4O. The standard InChI is InChI=1S/C40H28N4O/c1-42-21-22-43(25-42)26-9-6-10-27(23-26)45-28-18-19-31-32-13-7-16-35-38(32)44(37(31)24-28)39-36(17-8-20-41-39)40(35)33-14-4-2-11-29(33)30-12-3-5-15-34(30)40/h2-24H,25H2,1H3. The van der Waals surface area contributed by atoms with E-state index in [-0.39, 0.29) is 0 Å². The molecule has 0 radical (unpaired) electrons. The maximum Gasteiger partial charge on any atom is 0.142 e. The van der Waals surface area contributed by atoms with E-state index in [2.05, 4.69) is 143 Å². The van der Waals surface area contributed by atoms with E-state index in [1.165, 1.54) is 49.7 Å². The van der Waals surface area contributed by atoms with Gasteiger partial charge >= 0.3 is 0 Å². The second-order valence-electron chi connectivity index (χ2n) is 12.2. The minimum absolute atomic E-state index is 0.460. The summed E-state index contributed by atoms with van der Waals surface area (Å²) in [6.07, 6.45) is 6.09. The molecule has 45 heavy (non-hydrogen) atoms. The first kappa shape index (κ1) is 24.6. The van der Waals surface area contributed by atoms with Crippen LogP contribution in [0.3, 0.4) is 0 Å². The van der Waals surface area contributed by atoms with Crippen molar-refractivity contribution >= 4 is 27.5 Å². The van der Waals surface area contributed by atoms with E-state index in [0.717, 1.165) is 35.2 Å². The summed E-state index contributed by atoms with van der Waals surface area (Å²) in [6.45, 7) is 0.820. The lowest BCUT2D eigenvalue weighted by molar-refractivity contribution is 0.481. The number of nitrogens with zero attached hydrogens (tertiary/aromatic N) is 4. The fourth-order valence-electron chi connectivity index (χ4n) is 8.02. The fraction of sp³-hybridized carbons (Fsp3) is 0.0750. The van der Waals surface area contributed by atoms with Gasteiger partial charge in [-0.15, -0.1) is 0 Å². The Bertz CT molecular complexity index is 2340. The third-order valence-corrected chi connectivity index (χ3v) is 9.78. The number of hydrogen-bond acceptors (Lipinski definition) is 4. The molecular weight excluding hydrogens is 552 g/mol. The normalized spacial score (nSPS) is 15.1. The van der Waals surface area contributed by atoms with Crippen LogP contribution in [0.2, 0.25) is 0 Å². The number of anilines is 1. The maximum absolute atomic E-state index is 6.53. The lowest BCUT2D eigenvalue weighted by Gasteiger charge is -2.38. The number of pyridine rings is 1. The second kappa shape index (κ2) is 8.87. The number of hydrogen-bond donors (Lipinski definition) is 0. The molecule has 2 aliphatic heterocycles. The van der Waals surface area contributed by atoms with Crippen LogP contribution in [-0.4, -0.2) is 28.2 Å². The SMILES string of the molecule is CN1C=CN(c2cccc(Oc3ccc4c5cccc6c5n(c4c3)-c3ncccc3C63c4ccccc4-c4ccccc43)c2)C1. The van der Waals surface area contributed by atoms with Crippen LogP contribution in [0.5, 0.6) is 11.5 Å². The predicted octanol–water partition coefficient (Wildman–Crippen LogP) is 8.83. The Labute approximate surface area is 260 Å². The quantitative estimate of drug-likeness (QED) is 0.209. The number of aromatic nitrogens is 2. The van der Waals surface area contributed by atoms with Crippen LogP contribution in [0.4, 0.5) is 5.69 Å². The topological polar surface area (TPSA) is 33.5 Å².